The lowest BCUT2D eigenvalue weighted by Gasteiger charge is -2.26. The van der Waals surface area contributed by atoms with Crippen LogP contribution in [0.15, 0.2) is 48.3 Å². The quantitative estimate of drug-likeness (QED) is 0.598. The van der Waals surface area contributed by atoms with E-state index in [4.69, 9.17) is 4.74 Å². The topological polar surface area (TPSA) is 91.8 Å². The van der Waals surface area contributed by atoms with E-state index in [2.05, 4.69) is 29.0 Å². The summed E-state index contributed by atoms with van der Waals surface area (Å²) >= 11 is 0. The molecule has 0 aliphatic carbocycles. The Morgan fingerprint density at radius 3 is 2.55 bits per heavy atom. The number of hydrogen-bond acceptors (Lipinski definition) is 6. The van der Waals surface area contributed by atoms with Gasteiger partial charge in [-0.3, -0.25) is 19.9 Å². The molecule has 29 heavy (non-hydrogen) atoms. The maximum Gasteiger partial charge on any atom is 0.336 e. The number of barbiturate groups is 1. The summed E-state index contributed by atoms with van der Waals surface area (Å²) < 4.78 is 5.46. The fourth-order valence-electron chi connectivity index (χ4n) is 3.14. The third kappa shape index (κ3) is 3.96. The highest BCUT2D eigenvalue weighted by Crippen LogP contribution is 2.29. The van der Waals surface area contributed by atoms with Crippen LogP contribution in [0.3, 0.4) is 0 Å². The van der Waals surface area contributed by atoms with Crippen molar-refractivity contribution in [2.45, 2.75) is 13.8 Å². The molecule has 8 heteroatoms. The maximum absolute atomic E-state index is 12.9. The smallest absolute Gasteiger partial charge is 0.336 e. The number of nitrogens with one attached hydrogen (secondary N) is 1. The van der Waals surface area contributed by atoms with Gasteiger partial charge in [0.25, 0.3) is 11.8 Å². The average molecular weight is 394 g/mol. The Morgan fingerprint density at radius 1 is 1.17 bits per heavy atom. The summed E-state index contributed by atoms with van der Waals surface area (Å²) in [5.74, 6) is -0.955. The molecule has 2 aromatic rings. The van der Waals surface area contributed by atoms with Gasteiger partial charge in [0.2, 0.25) is 0 Å². The van der Waals surface area contributed by atoms with Gasteiger partial charge >= 0.3 is 6.03 Å². The highest BCUT2D eigenvalue weighted by Gasteiger charge is 2.37. The SMILES string of the molecule is CCN(CC)c1ccc(/C=C2/C(=O)NC(=O)N(c3cccnc3)C2=O)c(OC)c1. The number of carbonyl (C=O) groups is 3. The summed E-state index contributed by atoms with van der Waals surface area (Å²) in [6.07, 6.45) is 4.34. The van der Waals surface area contributed by atoms with E-state index >= 15 is 0 Å². The molecule has 1 N–H and O–H groups in total. The Bertz CT molecular complexity index is 968. The third-order valence-corrected chi connectivity index (χ3v) is 4.65. The average Bonchev–Trinajstić information content (AvgIpc) is 2.73. The van der Waals surface area contributed by atoms with E-state index in [-0.39, 0.29) is 11.3 Å². The molecule has 1 aliphatic rings. The molecule has 3 rings (SSSR count). The van der Waals surface area contributed by atoms with E-state index in [0.29, 0.717) is 11.3 Å². The van der Waals surface area contributed by atoms with Gasteiger partial charge in [-0.05, 0) is 44.2 Å². The van der Waals surface area contributed by atoms with Crippen molar-refractivity contribution in [3.8, 4) is 5.75 Å². The number of nitrogens with zero attached hydrogens (tertiary/aromatic N) is 3. The highest BCUT2D eigenvalue weighted by atomic mass is 16.5. The van der Waals surface area contributed by atoms with E-state index in [1.807, 2.05) is 12.1 Å². The molecule has 0 saturated carbocycles. The Labute approximate surface area is 168 Å². The number of anilines is 2. The first-order valence-electron chi connectivity index (χ1n) is 9.24. The third-order valence-electron chi connectivity index (χ3n) is 4.65. The van der Waals surface area contributed by atoms with Crippen LogP contribution in [0.4, 0.5) is 16.2 Å². The number of urea groups is 1. The molecule has 2 heterocycles. The molecule has 0 unspecified atom stereocenters. The summed E-state index contributed by atoms with van der Waals surface area (Å²) in [7, 11) is 1.53. The summed E-state index contributed by atoms with van der Waals surface area (Å²) in [5, 5.41) is 2.20. The summed E-state index contributed by atoms with van der Waals surface area (Å²) in [5.41, 5.74) is 1.64. The molecule has 8 nitrogen and oxygen atoms in total. The number of pyridine rings is 1. The Balaban J connectivity index is 2.01. The number of rotatable bonds is 6. The predicted octanol–water partition coefficient (Wildman–Crippen LogP) is 2.60. The normalized spacial score (nSPS) is 15.5. The Kier molecular flexibility index (Phi) is 5.92. The van der Waals surface area contributed by atoms with E-state index < -0.39 is 17.8 Å². The van der Waals surface area contributed by atoms with Gasteiger partial charge in [0.15, 0.2) is 0 Å². The molecular formula is C21H22N4O4. The van der Waals surface area contributed by atoms with Gasteiger partial charge in [0, 0.05) is 36.6 Å². The molecule has 1 aromatic carbocycles. The Hall–Kier alpha value is -3.68. The van der Waals surface area contributed by atoms with Gasteiger partial charge in [-0.1, -0.05) is 0 Å². The number of hydrogen-bond donors (Lipinski definition) is 1. The zero-order chi connectivity index (χ0) is 21.0. The summed E-state index contributed by atoms with van der Waals surface area (Å²) in [4.78, 5) is 44.4. The lowest BCUT2D eigenvalue weighted by Crippen LogP contribution is -2.54. The lowest BCUT2D eigenvalue weighted by molar-refractivity contribution is -0.122. The zero-order valence-electron chi connectivity index (χ0n) is 16.5. The van der Waals surface area contributed by atoms with Crippen molar-refractivity contribution in [2.75, 3.05) is 30.0 Å². The standard InChI is InChI=1S/C21H22N4O4/c1-4-24(5-2)15-9-8-14(18(12-15)29-3)11-17-19(26)23-21(28)25(20(17)27)16-7-6-10-22-13-16/h6-13H,4-5H2,1-3H3,(H,23,26,28)/b17-11-. The summed E-state index contributed by atoms with van der Waals surface area (Å²) in [6.45, 7) is 5.79. The number of aromatic nitrogens is 1. The van der Waals surface area contributed by atoms with Crippen LogP contribution in [0, 0.1) is 0 Å². The van der Waals surface area contributed by atoms with Gasteiger partial charge < -0.3 is 9.64 Å². The fraction of sp³-hybridized carbons (Fsp3) is 0.238. The molecule has 0 atom stereocenters. The monoisotopic (exact) mass is 394 g/mol. The minimum atomic E-state index is -0.811. The van der Waals surface area contributed by atoms with Crippen LogP contribution in [0.2, 0.25) is 0 Å². The molecule has 1 saturated heterocycles. The summed E-state index contributed by atoms with van der Waals surface area (Å²) in [6, 6.07) is 7.90. The van der Waals surface area contributed by atoms with Crippen molar-refractivity contribution >= 4 is 35.3 Å². The fourth-order valence-corrected chi connectivity index (χ4v) is 3.14. The highest BCUT2D eigenvalue weighted by molar-refractivity contribution is 6.39. The van der Waals surface area contributed by atoms with Gasteiger partial charge in [-0.2, -0.15) is 0 Å². The predicted molar refractivity (Wildman–Crippen MR) is 110 cm³/mol. The molecule has 150 valence electrons. The van der Waals surface area contributed by atoms with Crippen LogP contribution in [-0.4, -0.2) is 43.0 Å². The van der Waals surface area contributed by atoms with Crippen molar-refractivity contribution in [3.63, 3.8) is 0 Å². The lowest BCUT2D eigenvalue weighted by atomic mass is 10.1. The maximum atomic E-state index is 12.9. The van der Waals surface area contributed by atoms with E-state index in [9.17, 15) is 14.4 Å². The van der Waals surface area contributed by atoms with Gasteiger partial charge in [0.1, 0.15) is 11.3 Å². The second-order valence-electron chi connectivity index (χ2n) is 6.27. The first kappa shape index (κ1) is 20.1. The van der Waals surface area contributed by atoms with Crippen molar-refractivity contribution in [2.24, 2.45) is 0 Å². The molecule has 1 aromatic heterocycles. The van der Waals surface area contributed by atoms with Crippen LogP contribution >= 0.6 is 0 Å². The first-order chi connectivity index (χ1) is 14.0. The number of imide groups is 2. The molecule has 4 amide bonds. The van der Waals surface area contributed by atoms with Crippen LogP contribution in [0.1, 0.15) is 19.4 Å². The van der Waals surface area contributed by atoms with Crippen LogP contribution in [0.25, 0.3) is 6.08 Å². The van der Waals surface area contributed by atoms with Gasteiger partial charge in [-0.15, -0.1) is 0 Å². The van der Waals surface area contributed by atoms with Crippen molar-refractivity contribution in [3.05, 3.63) is 53.9 Å². The Morgan fingerprint density at radius 2 is 1.93 bits per heavy atom. The largest absolute Gasteiger partial charge is 0.496 e. The molecular weight excluding hydrogens is 372 g/mol. The van der Waals surface area contributed by atoms with Gasteiger partial charge in [-0.25, -0.2) is 9.69 Å². The first-order valence-corrected chi connectivity index (χ1v) is 9.24. The van der Waals surface area contributed by atoms with Crippen molar-refractivity contribution < 1.29 is 19.1 Å². The molecule has 1 fully saturated rings. The number of amides is 4. The minimum Gasteiger partial charge on any atom is -0.496 e. The van der Waals surface area contributed by atoms with E-state index in [0.717, 1.165) is 23.7 Å². The zero-order valence-corrected chi connectivity index (χ0v) is 16.5. The number of ether oxygens (including phenoxy) is 1. The van der Waals surface area contributed by atoms with Crippen molar-refractivity contribution in [1.82, 2.24) is 10.3 Å². The van der Waals surface area contributed by atoms with Gasteiger partial charge in [0.05, 0.1) is 19.0 Å². The molecule has 0 bridgehead atoms. The second-order valence-corrected chi connectivity index (χ2v) is 6.27. The minimum absolute atomic E-state index is 0.164. The number of methoxy groups -OCH3 is 1. The van der Waals surface area contributed by atoms with Crippen LogP contribution < -0.4 is 19.9 Å². The van der Waals surface area contributed by atoms with E-state index in [1.165, 1.54) is 25.6 Å². The molecule has 0 spiro atoms. The van der Waals surface area contributed by atoms with Crippen molar-refractivity contribution in [1.29, 1.82) is 0 Å². The molecule has 1 aliphatic heterocycles. The van der Waals surface area contributed by atoms with E-state index in [1.54, 1.807) is 18.2 Å². The second kappa shape index (κ2) is 8.55. The number of benzene rings is 1. The van der Waals surface area contributed by atoms with Crippen LogP contribution in [-0.2, 0) is 9.59 Å². The molecule has 0 radical (unpaired) electrons. The van der Waals surface area contributed by atoms with Crippen LogP contribution in [0.5, 0.6) is 5.75 Å². The number of carbonyl (C=O) groups excluding carboxylic acids is 3.